The summed E-state index contributed by atoms with van der Waals surface area (Å²) in [6.07, 6.45) is 0.119. The molecule has 0 saturated carbocycles. The van der Waals surface area contributed by atoms with Crippen LogP contribution in [0.3, 0.4) is 0 Å². The zero-order valence-corrected chi connectivity index (χ0v) is 15.3. The zero-order chi connectivity index (χ0) is 18.1. The van der Waals surface area contributed by atoms with Gasteiger partial charge in [0.2, 0.25) is 5.91 Å². The van der Waals surface area contributed by atoms with Crippen molar-refractivity contribution in [2.45, 2.75) is 13.3 Å². The fourth-order valence-electron chi connectivity index (χ4n) is 1.92. The number of hydrazine groups is 1. The molecule has 25 heavy (non-hydrogen) atoms. The summed E-state index contributed by atoms with van der Waals surface area (Å²) in [4.78, 5) is 23.6. The van der Waals surface area contributed by atoms with Gasteiger partial charge in [-0.2, -0.15) is 0 Å². The Morgan fingerprint density at radius 2 is 1.52 bits per heavy atom. The van der Waals surface area contributed by atoms with Crippen LogP contribution in [0.25, 0.3) is 0 Å². The Labute approximate surface area is 154 Å². The molecule has 0 aliphatic rings. The van der Waals surface area contributed by atoms with Crippen molar-refractivity contribution in [1.29, 1.82) is 0 Å². The molecular formula is C18H19BrN2O4. The Morgan fingerprint density at radius 3 is 2.12 bits per heavy atom. The predicted molar refractivity (Wildman–Crippen MR) is 97.5 cm³/mol. The van der Waals surface area contributed by atoms with Gasteiger partial charge in [-0.3, -0.25) is 20.4 Å². The van der Waals surface area contributed by atoms with Gasteiger partial charge in [0, 0.05) is 10.0 Å². The van der Waals surface area contributed by atoms with Crippen molar-refractivity contribution in [3.8, 4) is 11.5 Å². The quantitative estimate of drug-likeness (QED) is 0.692. The number of carbonyl (C=O) groups excluding carboxylic acids is 2. The van der Waals surface area contributed by atoms with Crippen LogP contribution in [0.15, 0.2) is 53.0 Å². The fraction of sp³-hybridized carbons (Fsp3) is 0.222. The molecule has 2 amide bonds. The highest BCUT2D eigenvalue weighted by Crippen LogP contribution is 2.17. The Bertz CT molecular complexity index is 702. The molecule has 6 nitrogen and oxygen atoms in total. The average molecular weight is 407 g/mol. The number of halogens is 1. The maximum Gasteiger partial charge on any atom is 0.269 e. The molecule has 0 aliphatic carbocycles. The van der Waals surface area contributed by atoms with E-state index in [0.717, 1.165) is 10.2 Å². The summed E-state index contributed by atoms with van der Waals surface area (Å²) >= 11 is 3.29. The minimum Gasteiger partial charge on any atom is -0.494 e. The summed E-state index contributed by atoms with van der Waals surface area (Å²) in [6, 6.07) is 14.0. The van der Waals surface area contributed by atoms with Gasteiger partial charge < -0.3 is 9.47 Å². The molecule has 0 atom stereocenters. The lowest BCUT2D eigenvalue weighted by Gasteiger charge is -2.09. The summed E-state index contributed by atoms with van der Waals surface area (Å²) in [5.74, 6) is 0.697. The van der Waals surface area contributed by atoms with E-state index in [4.69, 9.17) is 9.47 Å². The SMILES string of the molecule is CCOc1ccc(OCCC(=O)NNC(=O)c2ccc(Br)cc2)cc1. The number of benzene rings is 2. The average Bonchev–Trinajstić information content (AvgIpc) is 2.62. The number of ether oxygens (including phenoxy) is 2. The molecule has 0 aliphatic heterocycles. The third-order valence-electron chi connectivity index (χ3n) is 3.15. The van der Waals surface area contributed by atoms with Crippen LogP contribution in [0, 0.1) is 0 Å². The van der Waals surface area contributed by atoms with Crippen LogP contribution in [-0.4, -0.2) is 25.0 Å². The summed E-state index contributed by atoms with van der Waals surface area (Å²) in [5, 5.41) is 0. The van der Waals surface area contributed by atoms with Crippen LogP contribution in [0.5, 0.6) is 11.5 Å². The Hall–Kier alpha value is -2.54. The third-order valence-corrected chi connectivity index (χ3v) is 3.68. The topological polar surface area (TPSA) is 76.7 Å². The summed E-state index contributed by atoms with van der Waals surface area (Å²) < 4.78 is 11.7. The summed E-state index contributed by atoms with van der Waals surface area (Å²) in [6.45, 7) is 2.72. The van der Waals surface area contributed by atoms with Crippen molar-refractivity contribution in [2.24, 2.45) is 0 Å². The molecule has 0 unspecified atom stereocenters. The normalized spacial score (nSPS) is 10.0. The van der Waals surface area contributed by atoms with Gasteiger partial charge >= 0.3 is 0 Å². The van der Waals surface area contributed by atoms with Gasteiger partial charge in [0.25, 0.3) is 5.91 Å². The van der Waals surface area contributed by atoms with Crippen molar-refractivity contribution >= 4 is 27.7 Å². The molecule has 0 fully saturated rings. The van der Waals surface area contributed by atoms with Gasteiger partial charge in [-0.1, -0.05) is 15.9 Å². The zero-order valence-electron chi connectivity index (χ0n) is 13.8. The van der Waals surface area contributed by atoms with Gasteiger partial charge in [-0.15, -0.1) is 0 Å². The van der Waals surface area contributed by atoms with E-state index in [1.54, 1.807) is 48.5 Å². The molecule has 2 aromatic rings. The molecule has 0 bridgehead atoms. The monoisotopic (exact) mass is 406 g/mol. The summed E-state index contributed by atoms with van der Waals surface area (Å²) in [5.41, 5.74) is 5.17. The molecule has 0 saturated heterocycles. The van der Waals surface area contributed by atoms with Crippen molar-refractivity contribution in [3.63, 3.8) is 0 Å². The number of carbonyl (C=O) groups is 2. The first-order valence-electron chi connectivity index (χ1n) is 7.79. The number of nitrogens with one attached hydrogen (secondary N) is 2. The molecule has 132 valence electrons. The van der Waals surface area contributed by atoms with Crippen molar-refractivity contribution in [3.05, 3.63) is 58.6 Å². The Balaban J connectivity index is 1.68. The molecule has 0 heterocycles. The van der Waals surface area contributed by atoms with Crippen LogP contribution >= 0.6 is 15.9 Å². The molecule has 2 rings (SSSR count). The van der Waals surface area contributed by atoms with Crippen LogP contribution in [-0.2, 0) is 4.79 Å². The van der Waals surface area contributed by atoms with E-state index in [1.165, 1.54) is 0 Å². The molecule has 0 radical (unpaired) electrons. The molecule has 2 N–H and O–H groups in total. The maximum atomic E-state index is 11.9. The second-order valence-corrected chi connectivity index (χ2v) is 5.93. The molecular weight excluding hydrogens is 388 g/mol. The minimum atomic E-state index is -0.381. The van der Waals surface area contributed by atoms with Gasteiger partial charge in [0.05, 0.1) is 19.6 Å². The number of hydrogen-bond acceptors (Lipinski definition) is 4. The van der Waals surface area contributed by atoms with Gasteiger partial charge in [0.15, 0.2) is 0 Å². The Kier molecular flexibility index (Phi) is 7.28. The molecule has 2 aromatic carbocycles. The van der Waals surface area contributed by atoms with Crippen LogP contribution in [0.2, 0.25) is 0 Å². The lowest BCUT2D eigenvalue weighted by Crippen LogP contribution is -2.42. The number of rotatable bonds is 7. The predicted octanol–water partition coefficient (Wildman–Crippen LogP) is 3.08. The van der Waals surface area contributed by atoms with Crippen molar-refractivity contribution in [1.82, 2.24) is 10.9 Å². The van der Waals surface area contributed by atoms with E-state index in [1.807, 2.05) is 6.92 Å². The largest absolute Gasteiger partial charge is 0.494 e. The van der Waals surface area contributed by atoms with E-state index in [0.29, 0.717) is 17.9 Å². The first-order valence-corrected chi connectivity index (χ1v) is 8.58. The minimum absolute atomic E-state index is 0.119. The summed E-state index contributed by atoms with van der Waals surface area (Å²) in [7, 11) is 0. The number of amides is 2. The number of hydrogen-bond donors (Lipinski definition) is 2. The lowest BCUT2D eigenvalue weighted by atomic mass is 10.2. The third kappa shape index (κ3) is 6.46. The van der Waals surface area contributed by atoms with E-state index >= 15 is 0 Å². The highest BCUT2D eigenvalue weighted by Gasteiger charge is 2.07. The van der Waals surface area contributed by atoms with Crippen LogP contribution in [0.1, 0.15) is 23.7 Å². The lowest BCUT2D eigenvalue weighted by molar-refractivity contribution is -0.122. The van der Waals surface area contributed by atoms with Gasteiger partial charge in [0.1, 0.15) is 11.5 Å². The van der Waals surface area contributed by atoms with Gasteiger partial charge in [-0.05, 0) is 55.5 Å². The Morgan fingerprint density at radius 1 is 0.920 bits per heavy atom. The highest BCUT2D eigenvalue weighted by atomic mass is 79.9. The van der Waals surface area contributed by atoms with E-state index < -0.39 is 0 Å². The van der Waals surface area contributed by atoms with E-state index in [2.05, 4.69) is 26.8 Å². The van der Waals surface area contributed by atoms with Crippen molar-refractivity contribution < 1.29 is 19.1 Å². The van der Waals surface area contributed by atoms with Crippen LogP contribution < -0.4 is 20.3 Å². The molecule has 7 heteroatoms. The second-order valence-electron chi connectivity index (χ2n) is 5.01. The van der Waals surface area contributed by atoms with Gasteiger partial charge in [-0.25, -0.2) is 0 Å². The molecule has 0 spiro atoms. The molecule has 0 aromatic heterocycles. The fourth-order valence-corrected chi connectivity index (χ4v) is 2.19. The first-order chi connectivity index (χ1) is 12.1. The highest BCUT2D eigenvalue weighted by molar-refractivity contribution is 9.10. The second kappa shape index (κ2) is 9.68. The first kappa shape index (κ1) is 18.8. The standard InChI is InChI=1S/C18H19BrN2O4/c1-2-24-15-7-9-16(10-8-15)25-12-11-17(22)20-21-18(23)13-3-5-14(19)6-4-13/h3-10H,2,11-12H2,1H3,(H,20,22)(H,21,23). The van der Waals surface area contributed by atoms with Crippen LogP contribution in [0.4, 0.5) is 0 Å². The van der Waals surface area contributed by atoms with E-state index in [-0.39, 0.29) is 24.8 Å². The maximum absolute atomic E-state index is 11.9. The van der Waals surface area contributed by atoms with Crippen molar-refractivity contribution in [2.75, 3.05) is 13.2 Å². The smallest absolute Gasteiger partial charge is 0.269 e. The van der Waals surface area contributed by atoms with E-state index in [9.17, 15) is 9.59 Å².